The van der Waals surface area contributed by atoms with Gasteiger partial charge in [-0.05, 0) is 29.4 Å². The van der Waals surface area contributed by atoms with E-state index >= 15 is 0 Å². The van der Waals surface area contributed by atoms with Crippen molar-refractivity contribution >= 4 is 44.5 Å². The van der Waals surface area contributed by atoms with E-state index < -0.39 is 6.07 Å². The van der Waals surface area contributed by atoms with Gasteiger partial charge in [0.05, 0.1) is 6.10 Å². The number of alkyl halides is 1. The van der Waals surface area contributed by atoms with E-state index in [1.54, 1.807) is 6.92 Å². The minimum Gasteiger partial charge on any atom is -0.302 e. The summed E-state index contributed by atoms with van der Waals surface area (Å²) in [5, 5.41) is 0.566. The van der Waals surface area contributed by atoms with E-state index in [1.165, 1.54) is 0 Å². The zero-order valence-electron chi connectivity index (χ0n) is 4.68. The Balaban J connectivity index is 3.60. The minimum absolute atomic E-state index is 0.217. The first-order valence-corrected chi connectivity index (χ1v) is 6.75. The molecule has 0 spiro atoms. The number of hydrogen-bond acceptors (Lipinski definition) is 2. The Morgan fingerprint density at radius 3 is 2.33 bits per heavy atom. The Morgan fingerprint density at radius 1 is 1.78 bits per heavy atom. The number of hydrogen-bond donors (Lipinski definition) is 0. The van der Waals surface area contributed by atoms with Crippen LogP contribution in [0.1, 0.15) is 6.92 Å². The maximum atomic E-state index is 10.5. The molecule has 0 aliphatic carbocycles. The fraction of sp³-hybridized carbons (Fsp3) is 1.00. The molecular formula is C3H6BrCl2O2P. The molecule has 56 valence electrons. The van der Waals surface area contributed by atoms with Gasteiger partial charge < -0.3 is 4.52 Å². The average molecular weight is 256 g/mol. The van der Waals surface area contributed by atoms with E-state index in [-0.39, 0.29) is 6.10 Å². The lowest BCUT2D eigenvalue weighted by atomic mass is 10.5. The molecule has 1 unspecified atom stereocenters. The van der Waals surface area contributed by atoms with Crippen LogP contribution in [-0.4, -0.2) is 11.4 Å². The molecule has 0 saturated heterocycles. The zero-order valence-corrected chi connectivity index (χ0v) is 8.67. The highest BCUT2D eigenvalue weighted by molar-refractivity contribution is 9.09. The molecule has 6 heteroatoms. The van der Waals surface area contributed by atoms with E-state index in [2.05, 4.69) is 20.5 Å². The predicted molar refractivity (Wildman–Crippen MR) is 43.7 cm³/mol. The number of rotatable bonds is 3. The first-order chi connectivity index (χ1) is 3.95. The second kappa shape index (κ2) is 4.20. The van der Waals surface area contributed by atoms with Crippen LogP contribution in [-0.2, 0) is 9.09 Å². The zero-order chi connectivity index (χ0) is 7.49. The summed E-state index contributed by atoms with van der Waals surface area (Å²) >= 11 is 13.3. The second-order valence-electron chi connectivity index (χ2n) is 1.48. The predicted octanol–water partition coefficient (Wildman–Crippen LogP) is 3.37. The van der Waals surface area contributed by atoms with Crippen molar-refractivity contribution in [2.24, 2.45) is 0 Å². The molecule has 2 nitrogen and oxygen atoms in total. The van der Waals surface area contributed by atoms with Crippen LogP contribution in [0.3, 0.4) is 0 Å². The molecule has 0 radical (unpaired) electrons. The summed E-state index contributed by atoms with van der Waals surface area (Å²) in [4.78, 5) is 0. The second-order valence-corrected chi connectivity index (χ2v) is 6.36. The topological polar surface area (TPSA) is 26.3 Å². The van der Waals surface area contributed by atoms with Crippen molar-refractivity contribution in [1.29, 1.82) is 0 Å². The van der Waals surface area contributed by atoms with Gasteiger partial charge in [-0.1, -0.05) is 15.9 Å². The summed E-state index contributed by atoms with van der Waals surface area (Å²) in [6.45, 7) is 1.71. The molecule has 0 aliphatic heterocycles. The van der Waals surface area contributed by atoms with Crippen LogP contribution >= 0.6 is 44.5 Å². The highest BCUT2D eigenvalue weighted by Crippen LogP contribution is 2.58. The van der Waals surface area contributed by atoms with Crippen molar-refractivity contribution in [3.63, 3.8) is 0 Å². The maximum absolute atomic E-state index is 10.5. The molecular weight excluding hydrogens is 250 g/mol. The van der Waals surface area contributed by atoms with E-state index in [1.807, 2.05) is 0 Å². The Labute approximate surface area is 72.0 Å². The third-order valence-electron chi connectivity index (χ3n) is 0.520. The SMILES string of the molecule is CC(CBr)OP(=O)(Cl)Cl. The van der Waals surface area contributed by atoms with Crippen molar-refractivity contribution in [2.75, 3.05) is 5.33 Å². The van der Waals surface area contributed by atoms with Crippen LogP contribution in [0.15, 0.2) is 0 Å². The summed E-state index contributed by atoms with van der Waals surface area (Å²) in [5.41, 5.74) is 0. The van der Waals surface area contributed by atoms with Crippen LogP contribution in [0.4, 0.5) is 0 Å². The molecule has 1 atom stereocenters. The van der Waals surface area contributed by atoms with Crippen molar-refractivity contribution in [1.82, 2.24) is 0 Å². The van der Waals surface area contributed by atoms with E-state index in [4.69, 9.17) is 22.5 Å². The largest absolute Gasteiger partial charge is 0.380 e. The first kappa shape index (κ1) is 10.2. The maximum Gasteiger partial charge on any atom is 0.380 e. The summed E-state index contributed by atoms with van der Waals surface area (Å²) in [6, 6.07) is 0. The molecule has 0 saturated carbocycles. The van der Waals surface area contributed by atoms with Crippen molar-refractivity contribution < 1.29 is 9.09 Å². The monoisotopic (exact) mass is 254 g/mol. The van der Waals surface area contributed by atoms with Crippen molar-refractivity contribution in [3.8, 4) is 0 Å². The molecule has 0 rings (SSSR count). The molecule has 0 aromatic rings. The Hall–Kier alpha value is 1.25. The molecule has 0 aliphatic rings. The standard InChI is InChI=1S/C3H6BrCl2O2P/c1-3(2-4)8-9(5,6)7/h3H,2H2,1H3. The molecule has 0 aromatic heterocycles. The van der Waals surface area contributed by atoms with Crippen LogP contribution in [0.25, 0.3) is 0 Å². The van der Waals surface area contributed by atoms with E-state index in [0.29, 0.717) is 5.33 Å². The Morgan fingerprint density at radius 2 is 2.22 bits per heavy atom. The number of halogens is 3. The van der Waals surface area contributed by atoms with E-state index in [9.17, 15) is 4.57 Å². The van der Waals surface area contributed by atoms with Gasteiger partial charge in [-0.2, -0.15) is 0 Å². The Kier molecular flexibility index (Phi) is 4.78. The lowest BCUT2D eigenvalue weighted by molar-refractivity contribution is 0.265. The fourth-order valence-electron chi connectivity index (χ4n) is 0.238. The quantitative estimate of drug-likeness (QED) is 0.571. The molecule has 0 aromatic carbocycles. The fourth-order valence-corrected chi connectivity index (χ4v) is 1.88. The van der Waals surface area contributed by atoms with Gasteiger partial charge in [0.1, 0.15) is 0 Å². The third-order valence-corrected chi connectivity index (χ3v) is 2.52. The third kappa shape index (κ3) is 7.14. The van der Waals surface area contributed by atoms with Gasteiger partial charge in [-0.15, -0.1) is 0 Å². The summed E-state index contributed by atoms with van der Waals surface area (Å²) < 4.78 is 15.1. The Bertz CT molecular complexity index is 125. The van der Waals surface area contributed by atoms with Gasteiger partial charge in [-0.3, -0.25) is 4.57 Å². The van der Waals surface area contributed by atoms with Gasteiger partial charge in [0.25, 0.3) is 0 Å². The molecule has 0 amide bonds. The van der Waals surface area contributed by atoms with Crippen LogP contribution < -0.4 is 0 Å². The minimum atomic E-state index is -3.32. The highest BCUT2D eigenvalue weighted by atomic mass is 79.9. The summed E-state index contributed by atoms with van der Waals surface area (Å²) in [5.74, 6) is 0. The van der Waals surface area contributed by atoms with Crippen LogP contribution in [0.2, 0.25) is 0 Å². The lowest BCUT2D eigenvalue weighted by Gasteiger charge is -2.08. The van der Waals surface area contributed by atoms with E-state index in [0.717, 1.165) is 0 Å². The molecule has 0 fully saturated rings. The molecule has 0 bridgehead atoms. The summed E-state index contributed by atoms with van der Waals surface area (Å²) in [6.07, 6.45) is -3.54. The molecule has 0 heterocycles. The highest BCUT2D eigenvalue weighted by Gasteiger charge is 2.17. The lowest BCUT2D eigenvalue weighted by Crippen LogP contribution is -2.03. The van der Waals surface area contributed by atoms with Crippen LogP contribution in [0, 0.1) is 0 Å². The van der Waals surface area contributed by atoms with Crippen LogP contribution in [0.5, 0.6) is 0 Å². The molecule has 0 N–H and O–H groups in total. The van der Waals surface area contributed by atoms with Gasteiger partial charge in [0, 0.05) is 5.33 Å². The van der Waals surface area contributed by atoms with Crippen molar-refractivity contribution in [3.05, 3.63) is 0 Å². The normalized spacial score (nSPS) is 15.6. The van der Waals surface area contributed by atoms with Gasteiger partial charge in [-0.25, -0.2) is 0 Å². The van der Waals surface area contributed by atoms with Gasteiger partial charge >= 0.3 is 6.07 Å². The van der Waals surface area contributed by atoms with Gasteiger partial charge in [0.2, 0.25) is 0 Å². The molecule has 9 heavy (non-hydrogen) atoms. The average Bonchev–Trinajstić information content (AvgIpc) is 1.62. The van der Waals surface area contributed by atoms with Crippen molar-refractivity contribution in [2.45, 2.75) is 13.0 Å². The smallest absolute Gasteiger partial charge is 0.302 e. The first-order valence-electron chi connectivity index (χ1n) is 2.19. The van der Waals surface area contributed by atoms with Gasteiger partial charge in [0.15, 0.2) is 0 Å². The summed E-state index contributed by atoms with van der Waals surface area (Å²) in [7, 11) is 0.